The van der Waals surface area contributed by atoms with Crippen molar-refractivity contribution in [2.24, 2.45) is 0 Å². The van der Waals surface area contributed by atoms with E-state index in [-0.39, 0.29) is 12.4 Å². The number of halogens is 2. The Kier molecular flexibility index (Phi) is 7.46. The minimum atomic E-state index is -0.259. The van der Waals surface area contributed by atoms with E-state index in [0.29, 0.717) is 23.2 Å². The smallest absolute Gasteiger partial charge is 0.129 e. The van der Waals surface area contributed by atoms with Crippen LogP contribution in [0.25, 0.3) is 0 Å². The van der Waals surface area contributed by atoms with E-state index < -0.39 is 0 Å². The first-order chi connectivity index (χ1) is 13.6. The number of benzene rings is 3. The van der Waals surface area contributed by atoms with Crippen LogP contribution in [0.3, 0.4) is 0 Å². The van der Waals surface area contributed by atoms with Gasteiger partial charge in [0.05, 0.1) is 0 Å². The summed E-state index contributed by atoms with van der Waals surface area (Å²) in [6.07, 6.45) is 2.07. The van der Waals surface area contributed by atoms with E-state index in [2.05, 4.69) is 36.5 Å². The predicted octanol–water partition coefficient (Wildman–Crippen LogP) is 6.17. The molecule has 0 spiro atoms. The van der Waals surface area contributed by atoms with Gasteiger partial charge in [-0.05, 0) is 49.6 Å². The fourth-order valence-electron chi connectivity index (χ4n) is 3.01. The van der Waals surface area contributed by atoms with Gasteiger partial charge in [0.25, 0.3) is 0 Å². The molecule has 0 bridgehead atoms. The number of aryl methyl sites for hydroxylation is 1. The summed E-state index contributed by atoms with van der Waals surface area (Å²) in [4.78, 5) is 0. The Morgan fingerprint density at radius 3 is 2.50 bits per heavy atom. The van der Waals surface area contributed by atoms with Gasteiger partial charge in [-0.15, -0.1) is 0 Å². The van der Waals surface area contributed by atoms with E-state index in [1.54, 1.807) is 24.3 Å². The lowest BCUT2D eigenvalue weighted by Gasteiger charge is -2.17. The number of ether oxygens (including phenoxy) is 1. The van der Waals surface area contributed by atoms with Crippen LogP contribution in [0.15, 0.2) is 72.8 Å². The molecule has 1 atom stereocenters. The molecule has 2 nitrogen and oxygen atoms in total. The summed E-state index contributed by atoms with van der Waals surface area (Å²) in [6.45, 7) is 3.00. The summed E-state index contributed by atoms with van der Waals surface area (Å²) in [6, 6.07) is 23.0. The highest BCUT2D eigenvalue weighted by Crippen LogP contribution is 2.24. The van der Waals surface area contributed by atoms with Crippen LogP contribution >= 0.6 is 11.6 Å². The number of nitrogens with one attached hydrogen (secondary N) is 1. The normalized spacial score (nSPS) is 12.0. The number of hydrogen-bond donors (Lipinski definition) is 1. The van der Waals surface area contributed by atoms with Crippen molar-refractivity contribution in [1.82, 2.24) is 5.32 Å². The molecule has 4 heteroatoms. The molecule has 0 saturated heterocycles. The summed E-state index contributed by atoms with van der Waals surface area (Å²) in [5, 5.41) is 4.19. The second-order valence-corrected chi connectivity index (χ2v) is 7.37. The Morgan fingerprint density at radius 1 is 0.964 bits per heavy atom. The molecular formula is C24H25ClFNO. The minimum Gasteiger partial charge on any atom is -0.488 e. The van der Waals surface area contributed by atoms with Crippen LogP contribution in [0.2, 0.25) is 5.02 Å². The maximum atomic E-state index is 13.8. The highest BCUT2D eigenvalue weighted by Gasteiger charge is 2.09. The molecule has 1 N–H and O–H groups in total. The topological polar surface area (TPSA) is 21.3 Å². The minimum absolute atomic E-state index is 0.185. The van der Waals surface area contributed by atoms with Gasteiger partial charge in [0.2, 0.25) is 0 Å². The van der Waals surface area contributed by atoms with Crippen LogP contribution in [0.4, 0.5) is 4.39 Å². The monoisotopic (exact) mass is 397 g/mol. The molecule has 0 amide bonds. The molecule has 28 heavy (non-hydrogen) atoms. The fraction of sp³-hybridized carbons (Fsp3) is 0.250. The molecule has 0 aromatic heterocycles. The Balaban J connectivity index is 1.57. The molecule has 0 aliphatic heterocycles. The second-order valence-electron chi connectivity index (χ2n) is 6.94. The van der Waals surface area contributed by atoms with Crippen LogP contribution in [0.1, 0.15) is 30.0 Å². The molecule has 0 radical (unpaired) electrons. The van der Waals surface area contributed by atoms with Crippen molar-refractivity contribution in [3.05, 3.63) is 100 Å². The lowest BCUT2D eigenvalue weighted by molar-refractivity contribution is 0.295. The summed E-state index contributed by atoms with van der Waals surface area (Å²) >= 11 is 6.17. The van der Waals surface area contributed by atoms with Crippen LogP contribution < -0.4 is 10.1 Å². The van der Waals surface area contributed by atoms with Crippen molar-refractivity contribution in [1.29, 1.82) is 0 Å². The first-order valence-corrected chi connectivity index (χ1v) is 9.91. The van der Waals surface area contributed by atoms with Gasteiger partial charge in [-0.25, -0.2) is 4.39 Å². The third-order valence-electron chi connectivity index (χ3n) is 4.71. The molecule has 0 aliphatic carbocycles. The standard InChI is InChI=1S/C24H25ClFNO/c1-18(11-12-19-7-3-2-4-8-19)27-16-21-15-22(25)13-14-24(21)28-17-20-9-5-6-10-23(20)26/h2-10,13-15,18,27H,11-12,16-17H2,1H3/t18-/m0/s1. The maximum absolute atomic E-state index is 13.8. The zero-order chi connectivity index (χ0) is 19.8. The molecular weight excluding hydrogens is 373 g/mol. The SMILES string of the molecule is C[C@@H](CCc1ccccc1)NCc1cc(Cl)ccc1OCc1ccccc1F. The molecule has 0 heterocycles. The van der Waals surface area contributed by atoms with Gasteiger partial charge in [-0.2, -0.15) is 0 Å². The number of rotatable bonds is 9. The molecule has 0 fully saturated rings. The van der Waals surface area contributed by atoms with Gasteiger partial charge < -0.3 is 10.1 Å². The van der Waals surface area contributed by atoms with Crippen LogP contribution in [-0.4, -0.2) is 6.04 Å². The van der Waals surface area contributed by atoms with E-state index in [9.17, 15) is 4.39 Å². The van der Waals surface area contributed by atoms with E-state index in [1.807, 2.05) is 18.2 Å². The molecule has 146 valence electrons. The van der Waals surface area contributed by atoms with E-state index in [0.717, 1.165) is 24.2 Å². The molecule has 3 aromatic carbocycles. The maximum Gasteiger partial charge on any atom is 0.129 e. The summed E-state index contributed by atoms with van der Waals surface area (Å²) in [5.41, 5.74) is 2.84. The zero-order valence-corrected chi connectivity index (χ0v) is 16.8. The van der Waals surface area contributed by atoms with Gasteiger partial charge in [-0.3, -0.25) is 0 Å². The predicted molar refractivity (Wildman–Crippen MR) is 113 cm³/mol. The fourth-order valence-corrected chi connectivity index (χ4v) is 3.21. The average molecular weight is 398 g/mol. The van der Waals surface area contributed by atoms with Crippen molar-refractivity contribution in [2.45, 2.75) is 39.0 Å². The summed E-state index contributed by atoms with van der Waals surface area (Å²) in [7, 11) is 0. The lowest BCUT2D eigenvalue weighted by Crippen LogP contribution is -2.26. The Morgan fingerprint density at radius 2 is 1.71 bits per heavy atom. The number of hydrogen-bond acceptors (Lipinski definition) is 2. The van der Waals surface area contributed by atoms with Gasteiger partial charge in [-0.1, -0.05) is 60.1 Å². The molecule has 3 aromatic rings. The van der Waals surface area contributed by atoms with E-state index in [1.165, 1.54) is 11.6 Å². The van der Waals surface area contributed by atoms with Gasteiger partial charge in [0, 0.05) is 28.7 Å². The first kappa shape index (κ1) is 20.4. The van der Waals surface area contributed by atoms with Crippen molar-refractivity contribution >= 4 is 11.6 Å². The third-order valence-corrected chi connectivity index (χ3v) is 4.95. The summed E-state index contributed by atoms with van der Waals surface area (Å²) < 4.78 is 19.7. The van der Waals surface area contributed by atoms with Crippen molar-refractivity contribution < 1.29 is 9.13 Å². The molecule has 0 saturated carbocycles. The van der Waals surface area contributed by atoms with Crippen molar-refractivity contribution in [2.75, 3.05) is 0 Å². The third kappa shape index (κ3) is 6.08. The first-order valence-electron chi connectivity index (χ1n) is 9.54. The zero-order valence-electron chi connectivity index (χ0n) is 16.0. The Labute approximate surface area is 171 Å². The molecule has 0 unspecified atom stereocenters. The second kappa shape index (κ2) is 10.3. The highest BCUT2D eigenvalue weighted by molar-refractivity contribution is 6.30. The summed E-state index contributed by atoms with van der Waals surface area (Å²) in [5.74, 6) is 0.459. The van der Waals surface area contributed by atoms with E-state index >= 15 is 0 Å². The average Bonchev–Trinajstić information content (AvgIpc) is 2.72. The quantitative estimate of drug-likeness (QED) is 0.466. The van der Waals surface area contributed by atoms with Crippen LogP contribution in [-0.2, 0) is 19.6 Å². The van der Waals surface area contributed by atoms with Crippen molar-refractivity contribution in [3.8, 4) is 5.75 Å². The Bertz CT molecular complexity index is 885. The lowest BCUT2D eigenvalue weighted by atomic mass is 10.1. The van der Waals surface area contributed by atoms with Gasteiger partial charge >= 0.3 is 0 Å². The van der Waals surface area contributed by atoms with Gasteiger partial charge in [0.1, 0.15) is 18.2 Å². The van der Waals surface area contributed by atoms with Crippen LogP contribution in [0, 0.1) is 5.82 Å². The largest absolute Gasteiger partial charge is 0.488 e. The van der Waals surface area contributed by atoms with Gasteiger partial charge in [0.15, 0.2) is 0 Å². The molecule has 0 aliphatic rings. The Hall–Kier alpha value is -2.36. The molecule has 3 rings (SSSR count). The van der Waals surface area contributed by atoms with Crippen LogP contribution in [0.5, 0.6) is 5.75 Å². The van der Waals surface area contributed by atoms with Crippen molar-refractivity contribution in [3.63, 3.8) is 0 Å². The highest BCUT2D eigenvalue weighted by atomic mass is 35.5. The van der Waals surface area contributed by atoms with E-state index in [4.69, 9.17) is 16.3 Å².